The van der Waals surface area contributed by atoms with Gasteiger partial charge in [-0.05, 0) is 53.8 Å². The van der Waals surface area contributed by atoms with Crippen LogP contribution in [0.3, 0.4) is 0 Å². The van der Waals surface area contributed by atoms with E-state index in [1.54, 1.807) is 0 Å². The second-order valence-electron chi connectivity index (χ2n) is 9.99. The Hall–Kier alpha value is -4.27. The van der Waals surface area contributed by atoms with Gasteiger partial charge in [0.2, 0.25) is 17.2 Å². The average molecular weight is 582 g/mol. The highest BCUT2D eigenvalue weighted by atomic mass is 19.4. The number of alkyl halides is 3. The molecule has 0 saturated carbocycles. The molecule has 2 atom stereocenters. The summed E-state index contributed by atoms with van der Waals surface area (Å²) in [7, 11) is 1.32. The van der Waals surface area contributed by atoms with E-state index in [2.05, 4.69) is 10.6 Å². The first-order chi connectivity index (χ1) is 19.2. The molecule has 5 rings (SSSR count). The van der Waals surface area contributed by atoms with Gasteiger partial charge in [0.15, 0.2) is 0 Å². The number of hydrogen-bond donors (Lipinski definition) is 3. The molecule has 5 amide bonds. The van der Waals surface area contributed by atoms with Crippen LogP contribution < -0.4 is 10.6 Å². The summed E-state index contributed by atoms with van der Waals surface area (Å²) in [4.78, 5) is 51.6. The van der Waals surface area contributed by atoms with E-state index in [4.69, 9.17) is 4.74 Å². The van der Waals surface area contributed by atoms with Gasteiger partial charge in [-0.25, -0.2) is 23.3 Å². The van der Waals surface area contributed by atoms with Crippen LogP contribution in [-0.4, -0.2) is 64.3 Å². The number of rotatable bonds is 3. The Morgan fingerprint density at radius 1 is 1.05 bits per heavy atom. The summed E-state index contributed by atoms with van der Waals surface area (Å²) in [5, 5.41) is 15.3. The van der Waals surface area contributed by atoms with E-state index >= 15 is 0 Å². The van der Waals surface area contributed by atoms with Crippen molar-refractivity contribution in [3.05, 3.63) is 64.2 Å². The van der Waals surface area contributed by atoms with E-state index in [1.165, 1.54) is 19.2 Å². The Morgan fingerprint density at radius 2 is 1.76 bits per heavy atom. The number of fused-ring (bicyclic) bond motifs is 3. The third-order valence-corrected chi connectivity index (χ3v) is 7.66. The highest BCUT2D eigenvalue weighted by Gasteiger charge is 2.62. The van der Waals surface area contributed by atoms with Gasteiger partial charge in [-0.1, -0.05) is 6.07 Å². The van der Waals surface area contributed by atoms with Crippen molar-refractivity contribution >= 4 is 29.6 Å². The number of aryl methyl sites for hydroxylation is 2. The van der Waals surface area contributed by atoms with E-state index in [-0.39, 0.29) is 40.1 Å². The maximum absolute atomic E-state index is 14.8. The molecular formula is C26H23F5N4O6. The molecule has 2 unspecified atom stereocenters. The largest absolute Gasteiger partial charge is 0.436 e. The van der Waals surface area contributed by atoms with Gasteiger partial charge in [-0.15, -0.1) is 0 Å². The number of aliphatic hydroxyl groups is 1. The highest BCUT2D eigenvalue weighted by molar-refractivity contribution is 6.06. The molecule has 3 aliphatic rings. The van der Waals surface area contributed by atoms with Gasteiger partial charge < -0.3 is 25.4 Å². The number of hydrogen-bond acceptors (Lipinski definition) is 6. The zero-order valence-electron chi connectivity index (χ0n) is 21.4. The third kappa shape index (κ3) is 4.53. The summed E-state index contributed by atoms with van der Waals surface area (Å²) < 4.78 is 76.2. The van der Waals surface area contributed by atoms with E-state index in [9.17, 15) is 46.2 Å². The van der Waals surface area contributed by atoms with Crippen LogP contribution in [0.1, 0.15) is 35.1 Å². The van der Waals surface area contributed by atoms with Crippen LogP contribution in [-0.2, 0) is 39.3 Å². The Morgan fingerprint density at radius 3 is 2.44 bits per heavy atom. The molecule has 3 N–H and O–H groups in total. The average Bonchev–Trinajstić information content (AvgIpc) is 3.30. The van der Waals surface area contributed by atoms with Crippen molar-refractivity contribution in [2.45, 2.75) is 49.7 Å². The highest BCUT2D eigenvalue weighted by Crippen LogP contribution is 2.47. The van der Waals surface area contributed by atoms with Crippen LogP contribution in [0.2, 0.25) is 0 Å². The second-order valence-corrected chi connectivity index (χ2v) is 9.99. The number of amides is 5. The zero-order valence-corrected chi connectivity index (χ0v) is 21.4. The molecule has 2 aliphatic heterocycles. The molecule has 0 bridgehead atoms. The lowest BCUT2D eigenvalue weighted by atomic mass is 9.94. The molecule has 218 valence electrons. The maximum Gasteiger partial charge on any atom is 0.436 e. The number of benzene rings is 2. The molecule has 2 aromatic carbocycles. The summed E-state index contributed by atoms with van der Waals surface area (Å²) in [5.41, 5.74) is -5.25. The summed E-state index contributed by atoms with van der Waals surface area (Å²) in [5.74, 6) is -4.16. The smallest absolute Gasteiger partial charge is 0.427 e. The van der Waals surface area contributed by atoms with Crippen LogP contribution in [0.25, 0.3) is 0 Å². The van der Waals surface area contributed by atoms with Gasteiger partial charge in [0.1, 0.15) is 18.2 Å². The van der Waals surface area contributed by atoms with Crippen molar-refractivity contribution < 1.29 is 51.0 Å². The summed E-state index contributed by atoms with van der Waals surface area (Å²) in [6.07, 6.45) is -8.11. The van der Waals surface area contributed by atoms with Crippen LogP contribution in [0.4, 0.5) is 37.2 Å². The fraction of sp³-hybridized carbons (Fsp3) is 0.385. The molecule has 2 heterocycles. The predicted molar refractivity (Wildman–Crippen MR) is 129 cm³/mol. The lowest BCUT2D eigenvalue weighted by Crippen LogP contribution is -2.61. The predicted octanol–water partition coefficient (Wildman–Crippen LogP) is 3.06. The van der Waals surface area contributed by atoms with Gasteiger partial charge in [0.25, 0.3) is 5.91 Å². The third-order valence-electron chi connectivity index (χ3n) is 7.66. The maximum atomic E-state index is 14.8. The van der Waals surface area contributed by atoms with Gasteiger partial charge in [0, 0.05) is 32.0 Å². The van der Waals surface area contributed by atoms with Crippen molar-refractivity contribution in [2.24, 2.45) is 0 Å². The fourth-order valence-corrected chi connectivity index (χ4v) is 5.48. The number of carbonyl (C=O) groups excluding carboxylic acids is 4. The van der Waals surface area contributed by atoms with E-state index in [1.807, 2.05) is 0 Å². The number of imide groups is 1. The molecule has 10 nitrogen and oxygen atoms in total. The van der Waals surface area contributed by atoms with Crippen LogP contribution in [0, 0.1) is 11.6 Å². The van der Waals surface area contributed by atoms with Crippen LogP contribution >= 0.6 is 0 Å². The fourth-order valence-electron chi connectivity index (χ4n) is 5.48. The molecule has 1 spiro atoms. The van der Waals surface area contributed by atoms with Gasteiger partial charge in [0.05, 0.1) is 5.69 Å². The molecule has 0 radical (unpaired) electrons. The Bertz CT molecular complexity index is 1480. The number of halogens is 5. The topological polar surface area (TPSA) is 128 Å². The number of nitrogens with one attached hydrogen (secondary N) is 2. The number of nitrogens with zero attached hydrogens (tertiary/aromatic N) is 2. The van der Waals surface area contributed by atoms with Crippen molar-refractivity contribution in [3.63, 3.8) is 0 Å². The van der Waals surface area contributed by atoms with E-state index in [0.29, 0.717) is 10.5 Å². The van der Waals surface area contributed by atoms with Crippen molar-refractivity contribution in [2.75, 3.05) is 18.9 Å². The first-order valence-electron chi connectivity index (χ1n) is 12.4. The first-order valence-corrected chi connectivity index (χ1v) is 12.4. The molecule has 2 aromatic rings. The minimum Gasteiger partial charge on any atom is -0.427 e. The van der Waals surface area contributed by atoms with E-state index < -0.39 is 79.0 Å². The number of ether oxygens (including phenoxy) is 1. The summed E-state index contributed by atoms with van der Waals surface area (Å²) in [6.45, 7) is -1.98. The molecule has 1 fully saturated rings. The van der Waals surface area contributed by atoms with E-state index in [0.717, 1.165) is 18.2 Å². The van der Waals surface area contributed by atoms with Gasteiger partial charge in [-0.2, -0.15) is 13.2 Å². The molecule has 1 aliphatic carbocycles. The Kier molecular flexibility index (Phi) is 6.67. The normalized spacial score (nSPS) is 23.7. The Labute approximate surface area is 229 Å². The van der Waals surface area contributed by atoms with Crippen molar-refractivity contribution in [3.8, 4) is 0 Å². The minimum absolute atomic E-state index is 0.0247. The monoisotopic (exact) mass is 582 g/mol. The first kappa shape index (κ1) is 28.3. The van der Waals surface area contributed by atoms with Gasteiger partial charge >= 0.3 is 18.3 Å². The second kappa shape index (κ2) is 9.68. The molecule has 41 heavy (non-hydrogen) atoms. The standard InChI is InChI=1S/C26H23F5N4O6/c1-32-22(38)33-19-9-14-4-6-24(17(14)10-18(19)28)21(37)34(23(39)41-24)12-20(36)35-11-15-2-3-16(27)8-13(15)5-7-25(35,40)26(29,30)31/h2-3,8-10,40H,4-7,11-12H2,1H3,(H2,32,33,38). The minimum atomic E-state index is -5.33. The summed E-state index contributed by atoms with van der Waals surface area (Å²) >= 11 is 0. The molecule has 15 heteroatoms. The molecule has 1 saturated heterocycles. The van der Waals surface area contributed by atoms with Gasteiger partial charge in [-0.3, -0.25) is 9.59 Å². The van der Waals surface area contributed by atoms with Crippen molar-refractivity contribution in [1.82, 2.24) is 15.1 Å². The van der Waals surface area contributed by atoms with Crippen LogP contribution in [0.5, 0.6) is 0 Å². The zero-order chi connectivity index (χ0) is 29.9. The number of urea groups is 1. The number of carbonyl (C=O) groups is 4. The number of anilines is 1. The lowest BCUT2D eigenvalue weighted by Gasteiger charge is -2.40. The lowest BCUT2D eigenvalue weighted by molar-refractivity contribution is -0.313. The van der Waals surface area contributed by atoms with Crippen LogP contribution in [0.15, 0.2) is 30.3 Å². The Balaban J connectivity index is 1.44. The molecule has 0 aromatic heterocycles. The summed E-state index contributed by atoms with van der Waals surface area (Å²) in [6, 6.07) is 4.68. The quantitative estimate of drug-likeness (QED) is 0.478. The van der Waals surface area contributed by atoms with Crippen molar-refractivity contribution in [1.29, 1.82) is 0 Å². The SMILES string of the molecule is CNC(=O)Nc1cc2c(cc1F)C1(CC2)OC(=O)N(CC(=O)N2Cc3ccc(F)cc3CCC2(O)C(F)(F)F)C1=O. The molecular weight excluding hydrogens is 559 g/mol.